The Kier molecular flexibility index (Phi) is 5.91. The van der Waals surface area contributed by atoms with Gasteiger partial charge in [0.05, 0.1) is 5.41 Å². The number of carbonyl (C=O) groups excluding carboxylic acids is 2. The van der Waals surface area contributed by atoms with Crippen molar-refractivity contribution in [3.05, 3.63) is 59.9 Å². The lowest BCUT2D eigenvalue weighted by molar-refractivity contribution is -0.671. The van der Waals surface area contributed by atoms with Crippen molar-refractivity contribution in [3.63, 3.8) is 0 Å². The number of pyridine rings is 1. The third kappa shape index (κ3) is 5.71. The smallest absolute Gasteiger partial charge is 0.316 e. The Hall–Kier alpha value is -2.69. The highest BCUT2D eigenvalue weighted by atomic mass is 16.5. The Morgan fingerprint density at radius 1 is 1.12 bits per heavy atom. The molecule has 0 unspecified atom stereocenters. The van der Waals surface area contributed by atoms with Crippen LogP contribution in [0.3, 0.4) is 0 Å². The minimum atomic E-state index is -0.531. The summed E-state index contributed by atoms with van der Waals surface area (Å²) in [7, 11) is 1.88. The van der Waals surface area contributed by atoms with Gasteiger partial charge in [0.15, 0.2) is 12.4 Å². The molecular formula is C20H25N2O3+. The van der Waals surface area contributed by atoms with Gasteiger partial charge in [-0.2, -0.15) is 0 Å². The summed E-state index contributed by atoms with van der Waals surface area (Å²) in [6.07, 6.45) is 4.37. The first kappa shape index (κ1) is 18.6. The molecule has 0 bridgehead atoms. The number of esters is 1. The van der Waals surface area contributed by atoms with Gasteiger partial charge in [-0.05, 0) is 51.0 Å². The van der Waals surface area contributed by atoms with Gasteiger partial charge in [0, 0.05) is 12.6 Å². The number of carbonyl (C=O) groups is 2. The van der Waals surface area contributed by atoms with Crippen LogP contribution in [0.15, 0.2) is 48.8 Å². The standard InChI is InChI=1S/C20H24N2O3/c1-20(2,3)19(24)25-17-9-7-15(8-10-17)11-12-21-18(23)16-6-5-13-22(4)14-16/h5-10,13-14H,11-12H2,1-4H3/p+1. The topological polar surface area (TPSA) is 59.3 Å². The Morgan fingerprint density at radius 3 is 2.40 bits per heavy atom. The van der Waals surface area contributed by atoms with Crippen LogP contribution in [0.4, 0.5) is 0 Å². The molecule has 2 rings (SSSR count). The quantitative estimate of drug-likeness (QED) is 0.516. The van der Waals surface area contributed by atoms with E-state index in [2.05, 4.69) is 5.32 Å². The molecule has 0 radical (unpaired) electrons. The number of hydrogen-bond acceptors (Lipinski definition) is 3. The van der Waals surface area contributed by atoms with Gasteiger partial charge in [0.1, 0.15) is 18.4 Å². The van der Waals surface area contributed by atoms with Crippen LogP contribution < -0.4 is 14.6 Å². The van der Waals surface area contributed by atoms with Crippen LogP contribution in [-0.2, 0) is 18.3 Å². The highest BCUT2D eigenvalue weighted by molar-refractivity contribution is 5.93. The SMILES string of the molecule is C[n+]1cccc(C(=O)NCCc2ccc(OC(=O)C(C)(C)C)cc2)c1. The molecule has 0 fully saturated rings. The average Bonchev–Trinajstić information content (AvgIpc) is 2.55. The van der Waals surface area contributed by atoms with Crippen molar-refractivity contribution in [1.29, 1.82) is 0 Å². The van der Waals surface area contributed by atoms with E-state index in [1.807, 2.05) is 56.8 Å². The Morgan fingerprint density at radius 2 is 1.80 bits per heavy atom. The molecule has 0 atom stereocenters. The number of nitrogens with one attached hydrogen (secondary N) is 1. The molecule has 1 amide bonds. The van der Waals surface area contributed by atoms with E-state index in [-0.39, 0.29) is 11.9 Å². The second-order valence-electron chi connectivity index (χ2n) is 7.05. The van der Waals surface area contributed by atoms with E-state index in [0.29, 0.717) is 24.3 Å². The summed E-state index contributed by atoms with van der Waals surface area (Å²) in [6, 6.07) is 11.0. The van der Waals surface area contributed by atoms with Crippen molar-refractivity contribution >= 4 is 11.9 Å². The first-order chi connectivity index (χ1) is 11.8. The van der Waals surface area contributed by atoms with Crippen molar-refractivity contribution in [2.75, 3.05) is 6.54 Å². The van der Waals surface area contributed by atoms with Crippen molar-refractivity contribution in [3.8, 4) is 5.75 Å². The highest BCUT2D eigenvalue weighted by Gasteiger charge is 2.23. The number of ether oxygens (including phenoxy) is 1. The second-order valence-corrected chi connectivity index (χ2v) is 7.05. The lowest BCUT2D eigenvalue weighted by Gasteiger charge is -2.16. The Labute approximate surface area is 148 Å². The van der Waals surface area contributed by atoms with Crippen LogP contribution in [-0.4, -0.2) is 18.4 Å². The summed E-state index contributed by atoms with van der Waals surface area (Å²) in [6.45, 7) is 6.00. The van der Waals surface area contributed by atoms with Crippen molar-refractivity contribution in [2.24, 2.45) is 12.5 Å². The molecule has 5 heteroatoms. The summed E-state index contributed by atoms with van der Waals surface area (Å²) in [5, 5.41) is 2.90. The molecule has 132 valence electrons. The number of rotatable bonds is 5. The zero-order valence-corrected chi connectivity index (χ0v) is 15.2. The molecule has 1 aromatic heterocycles. The van der Waals surface area contributed by atoms with Gasteiger partial charge in [-0.1, -0.05) is 12.1 Å². The van der Waals surface area contributed by atoms with Gasteiger partial charge in [0.25, 0.3) is 5.91 Å². The molecule has 0 aliphatic rings. The fraction of sp³-hybridized carbons (Fsp3) is 0.350. The number of hydrogen-bond donors (Lipinski definition) is 1. The van der Waals surface area contributed by atoms with Crippen molar-refractivity contribution in [1.82, 2.24) is 5.32 Å². The van der Waals surface area contributed by atoms with E-state index in [0.717, 1.165) is 5.56 Å². The molecule has 0 aliphatic carbocycles. The molecule has 2 aromatic rings. The van der Waals surface area contributed by atoms with Crippen molar-refractivity contribution in [2.45, 2.75) is 27.2 Å². The third-order valence-corrected chi connectivity index (χ3v) is 3.65. The second kappa shape index (κ2) is 7.92. The molecule has 0 saturated heterocycles. The van der Waals surface area contributed by atoms with E-state index in [4.69, 9.17) is 4.74 Å². The average molecular weight is 341 g/mol. The van der Waals surface area contributed by atoms with Crippen LogP contribution in [0.5, 0.6) is 5.75 Å². The summed E-state index contributed by atoms with van der Waals surface area (Å²) >= 11 is 0. The monoisotopic (exact) mass is 341 g/mol. The zero-order chi connectivity index (χ0) is 18.4. The maximum Gasteiger partial charge on any atom is 0.316 e. The molecule has 0 aliphatic heterocycles. The normalized spacial score (nSPS) is 11.0. The van der Waals surface area contributed by atoms with E-state index in [9.17, 15) is 9.59 Å². The summed E-state index contributed by atoms with van der Waals surface area (Å²) < 4.78 is 7.17. The van der Waals surface area contributed by atoms with E-state index in [1.54, 1.807) is 24.4 Å². The lowest BCUT2D eigenvalue weighted by atomic mass is 9.97. The molecule has 1 aromatic carbocycles. The van der Waals surface area contributed by atoms with E-state index < -0.39 is 5.41 Å². The summed E-state index contributed by atoms with van der Waals surface area (Å²) in [5.74, 6) is 0.181. The molecule has 0 saturated carbocycles. The fourth-order valence-corrected chi connectivity index (χ4v) is 2.13. The number of aryl methyl sites for hydroxylation is 1. The van der Waals surface area contributed by atoms with Gasteiger partial charge >= 0.3 is 5.97 Å². The lowest BCUT2D eigenvalue weighted by Crippen LogP contribution is -2.31. The van der Waals surface area contributed by atoms with Crippen LogP contribution in [0.25, 0.3) is 0 Å². The third-order valence-electron chi connectivity index (χ3n) is 3.65. The Bertz CT molecular complexity index is 746. The molecule has 1 heterocycles. The van der Waals surface area contributed by atoms with Gasteiger partial charge < -0.3 is 10.1 Å². The van der Waals surface area contributed by atoms with E-state index in [1.165, 1.54) is 0 Å². The zero-order valence-electron chi connectivity index (χ0n) is 15.2. The maximum atomic E-state index is 12.1. The summed E-state index contributed by atoms with van der Waals surface area (Å²) in [4.78, 5) is 23.9. The number of nitrogens with zero attached hydrogens (tertiary/aromatic N) is 1. The van der Waals surface area contributed by atoms with Crippen molar-refractivity contribution < 1.29 is 18.9 Å². The van der Waals surface area contributed by atoms with Gasteiger partial charge in [0.2, 0.25) is 0 Å². The maximum absolute atomic E-state index is 12.1. The van der Waals surface area contributed by atoms with E-state index >= 15 is 0 Å². The highest BCUT2D eigenvalue weighted by Crippen LogP contribution is 2.19. The first-order valence-electron chi connectivity index (χ1n) is 8.30. The van der Waals surface area contributed by atoms with Crippen LogP contribution >= 0.6 is 0 Å². The minimum absolute atomic E-state index is 0.0908. The van der Waals surface area contributed by atoms with Crippen LogP contribution in [0.2, 0.25) is 0 Å². The molecule has 1 N–H and O–H groups in total. The Balaban J connectivity index is 1.83. The predicted octanol–water partition coefficient (Wildman–Crippen LogP) is 2.44. The number of benzene rings is 1. The van der Waals surface area contributed by atoms with Gasteiger partial charge in [-0.25, -0.2) is 4.57 Å². The number of aromatic nitrogens is 1. The molecular weight excluding hydrogens is 316 g/mol. The predicted molar refractivity (Wildman–Crippen MR) is 95.2 cm³/mol. The summed E-state index contributed by atoms with van der Waals surface area (Å²) in [5.41, 5.74) is 1.17. The van der Waals surface area contributed by atoms with Gasteiger partial charge in [-0.3, -0.25) is 9.59 Å². The first-order valence-corrected chi connectivity index (χ1v) is 8.30. The molecule has 25 heavy (non-hydrogen) atoms. The van der Waals surface area contributed by atoms with Gasteiger partial charge in [-0.15, -0.1) is 0 Å². The number of amides is 1. The van der Waals surface area contributed by atoms with Crippen LogP contribution in [0, 0.1) is 5.41 Å². The molecule has 5 nitrogen and oxygen atoms in total. The molecule has 0 spiro atoms. The minimum Gasteiger partial charge on any atom is -0.426 e. The fourth-order valence-electron chi connectivity index (χ4n) is 2.13. The van der Waals surface area contributed by atoms with Crippen LogP contribution in [0.1, 0.15) is 36.7 Å². The largest absolute Gasteiger partial charge is 0.426 e.